The summed E-state index contributed by atoms with van der Waals surface area (Å²) in [4.78, 5) is 5.98. The lowest BCUT2D eigenvalue weighted by Crippen LogP contribution is -2.38. The van der Waals surface area contributed by atoms with Crippen molar-refractivity contribution in [3.63, 3.8) is 0 Å². The molecule has 1 aromatic heterocycles. The van der Waals surface area contributed by atoms with E-state index in [0.717, 1.165) is 0 Å². The van der Waals surface area contributed by atoms with Gasteiger partial charge < -0.3 is 9.88 Å². The zero-order valence-electron chi connectivity index (χ0n) is 9.17. The van der Waals surface area contributed by atoms with Gasteiger partial charge in [-0.25, -0.2) is 0 Å². The van der Waals surface area contributed by atoms with E-state index in [2.05, 4.69) is 56.7 Å². The number of aromatic amines is 1. The first kappa shape index (κ1) is 10.6. The molecule has 0 amide bonds. The number of nitrogens with zero attached hydrogens (tertiary/aromatic N) is 1. The fourth-order valence-corrected chi connectivity index (χ4v) is 3.14. The Labute approximate surface area is 109 Å². The topological polar surface area (TPSA) is 19.0 Å². The Bertz CT molecular complexity index is 500. The van der Waals surface area contributed by atoms with Gasteiger partial charge in [0.2, 0.25) is 0 Å². The van der Waals surface area contributed by atoms with Crippen LogP contribution >= 0.6 is 22.6 Å². The number of benzene rings is 1. The van der Waals surface area contributed by atoms with Crippen molar-refractivity contribution in [2.24, 2.45) is 0 Å². The van der Waals surface area contributed by atoms with Crippen LogP contribution in [0.3, 0.4) is 0 Å². The highest BCUT2D eigenvalue weighted by molar-refractivity contribution is 14.1. The van der Waals surface area contributed by atoms with Gasteiger partial charge in [0.1, 0.15) is 0 Å². The molecular weight excluding hydrogens is 311 g/mol. The van der Waals surface area contributed by atoms with Crippen molar-refractivity contribution in [1.29, 1.82) is 0 Å². The molecule has 3 rings (SSSR count). The maximum absolute atomic E-state index is 3.45. The molecule has 2 nitrogen and oxygen atoms in total. The van der Waals surface area contributed by atoms with Crippen LogP contribution < -0.4 is 0 Å². The number of halogens is 1. The summed E-state index contributed by atoms with van der Waals surface area (Å²) in [5.41, 5.74) is 2.76. The molecule has 1 fully saturated rings. The van der Waals surface area contributed by atoms with Gasteiger partial charge in [-0.15, -0.1) is 0 Å². The van der Waals surface area contributed by atoms with E-state index in [1.807, 2.05) is 0 Å². The molecular formula is C13H15IN2. The third-order valence-corrected chi connectivity index (χ3v) is 4.31. The van der Waals surface area contributed by atoms with Gasteiger partial charge in [0.15, 0.2) is 0 Å². The van der Waals surface area contributed by atoms with Gasteiger partial charge in [-0.2, -0.15) is 0 Å². The van der Waals surface area contributed by atoms with E-state index in [0.29, 0.717) is 0 Å². The molecule has 1 aliphatic rings. The van der Waals surface area contributed by atoms with Gasteiger partial charge in [0, 0.05) is 17.4 Å². The number of hydrogen-bond donors (Lipinski definition) is 1. The highest BCUT2D eigenvalue weighted by Crippen LogP contribution is 2.24. The van der Waals surface area contributed by atoms with E-state index in [9.17, 15) is 0 Å². The molecule has 2 aromatic rings. The van der Waals surface area contributed by atoms with Crippen LogP contribution in [-0.2, 0) is 6.42 Å². The quantitative estimate of drug-likeness (QED) is 0.859. The van der Waals surface area contributed by atoms with Crippen molar-refractivity contribution >= 4 is 33.5 Å². The second-order valence-electron chi connectivity index (χ2n) is 4.41. The third-order valence-electron chi connectivity index (χ3n) is 3.39. The monoisotopic (exact) mass is 326 g/mol. The van der Waals surface area contributed by atoms with Crippen molar-refractivity contribution in [1.82, 2.24) is 9.88 Å². The Hall–Kier alpha value is -0.550. The van der Waals surface area contributed by atoms with Gasteiger partial charge in [-0.05, 0) is 60.2 Å². The molecule has 1 aromatic carbocycles. The van der Waals surface area contributed by atoms with Crippen molar-refractivity contribution < 1.29 is 0 Å². The number of rotatable bonds is 3. The van der Waals surface area contributed by atoms with Crippen LogP contribution in [0.1, 0.15) is 12.0 Å². The van der Waals surface area contributed by atoms with Crippen LogP contribution in [0.25, 0.3) is 10.9 Å². The average Bonchev–Trinajstić information content (AvgIpc) is 2.53. The molecule has 2 heterocycles. The molecule has 1 aliphatic heterocycles. The SMILES string of the molecule is Ic1[nH]c2ccccc2c1CCN1CCC1. The van der Waals surface area contributed by atoms with Gasteiger partial charge in [0.05, 0.1) is 3.70 Å². The van der Waals surface area contributed by atoms with Gasteiger partial charge >= 0.3 is 0 Å². The predicted molar refractivity (Wildman–Crippen MR) is 75.8 cm³/mol. The van der Waals surface area contributed by atoms with Crippen LogP contribution in [0.2, 0.25) is 0 Å². The van der Waals surface area contributed by atoms with E-state index in [1.165, 1.54) is 52.6 Å². The molecule has 1 saturated heterocycles. The van der Waals surface area contributed by atoms with Crippen LogP contribution in [0.4, 0.5) is 0 Å². The second kappa shape index (κ2) is 4.37. The highest BCUT2D eigenvalue weighted by atomic mass is 127. The molecule has 0 unspecified atom stereocenters. The number of nitrogens with one attached hydrogen (secondary N) is 1. The van der Waals surface area contributed by atoms with Crippen molar-refractivity contribution in [2.75, 3.05) is 19.6 Å². The number of fused-ring (bicyclic) bond motifs is 1. The van der Waals surface area contributed by atoms with Crippen molar-refractivity contribution in [3.8, 4) is 0 Å². The summed E-state index contributed by atoms with van der Waals surface area (Å²) in [5.74, 6) is 0. The molecule has 0 bridgehead atoms. The Balaban J connectivity index is 1.86. The summed E-state index contributed by atoms with van der Waals surface area (Å²) < 4.78 is 1.30. The number of likely N-dealkylation sites (tertiary alicyclic amines) is 1. The van der Waals surface area contributed by atoms with Crippen LogP contribution in [0.15, 0.2) is 24.3 Å². The predicted octanol–water partition coefficient (Wildman–Crippen LogP) is 3.02. The number of para-hydroxylation sites is 1. The first-order valence-corrected chi connectivity index (χ1v) is 6.90. The zero-order valence-corrected chi connectivity index (χ0v) is 11.3. The molecule has 3 heteroatoms. The molecule has 0 aliphatic carbocycles. The second-order valence-corrected chi connectivity index (χ2v) is 5.49. The molecule has 1 N–H and O–H groups in total. The van der Waals surface area contributed by atoms with E-state index >= 15 is 0 Å². The van der Waals surface area contributed by atoms with Gasteiger partial charge in [-0.1, -0.05) is 18.2 Å². The number of hydrogen-bond acceptors (Lipinski definition) is 1. The lowest BCUT2D eigenvalue weighted by Gasteiger charge is -2.30. The molecule has 0 radical (unpaired) electrons. The fourth-order valence-electron chi connectivity index (χ4n) is 2.29. The Kier molecular flexibility index (Phi) is 2.90. The summed E-state index contributed by atoms with van der Waals surface area (Å²) >= 11 is 2.42. The van der Waals surface area contributed by atoms with Gasteiger partial charge in [-0.3, -0.25) is 0 Å². The number of aromatic nitrogens is 1. The minimum atomic E-state index is 1.17. The first-order chi connectivity index (χ1) is 7.84. The maximum Gasteiger partial charge on any atom is 0.0815 e. The lowest BCUT2D eigenvalue weighted by molar-refractivity contribution is 0.184. The van der Waals surface area contributed by atoms with E-state index < -0.39 is 0 Å². The molecule has 84 valence electrons. The Morgan fingerprint density at radius 1 is 1.25 bits per heavy atom. The summed E-state index contributed by atoms with van der Waals surface area (Å²) in [6.07, 6.45) is 2.55. The minimum absolute atomic E-state index is 1.17. The van der Waals surface area contributed by atoms with E-state index in [-0.39, 0.29) is 0 Å². The van der Waals surface area contributed by atoms with Crippen LogP contribution in [0, 0.1) is 3.70 Å². The van der Waals surface area contributed by atoms with Gasteiger partial charge in [0.25, 0.3) is 0 Å². The summed E-state index contributed by atoms with van der Waals surface area (Å²) in [5, 5.41) is 1.40. The third kappa shape index (κ3) is 1.86. The molecule has 0 atom stereocenters. The molecule has 0 spiro atoms. The zero-order chi connectivity index (χ0) is 11.0. The molecule has 16 heavy (non-hydrogen) atoms. The standard InChI is InChI=1S/C13H15IN2/c14-13-11(6-9-16-7-3-8-16)10-4-1-2-5-12(10)15-13/h1-2,4-5,15H,3,6-9H2. The van der Waals surface area contributed by atoms with Crippen LogP contribution in [0.5, 0.6) is 0 Å². The Morgan fingerprint density at radius 2 is 2.06 bits per heavy atom. The van der Waals surface area contributed by atoms with E-state index in [4.69, 9.17) is 0 Å². The van der Waals surface area contributed by atoms with Crippen LogP contribution in [-0.4, -0.2) is 29.5 Å². The first-order valence-electron chi connectivity index (χ1n) is 5.82. The number of H-pyrrole nitrogens is 1. The summed E-state index contributed by atoms with van der Waals surface area (Å²) in [7, 11) is 0. The van der Waals surface area contributed by atoms with Crippen molar-refractivity contribution in [2.45, 2.75) is 12.8 Å². The average molecular weight is 326 g/mol. The lowest BCUT2D eigenvalue weighted by atomic mass is 10.1. The Morgan fingerprint density at radius 3 is 2.81 bits per heavy atom. The summed E-state index contributed by atoms with van der Waals surface area (Å²) in [6.45, 7) is 3.79. The largest absolute Gasteiger partial charge is 0.350 e. The summed E-state index contributed by atoms with van der Waals surface area (Å²) in [6, 6.07) is 8.59. The normalized spacial score (nSPS) is 16.6. The fraction of sp³-hybridized carbons (Fsp3) is 0.385. The van der Waals surface area contributed by atoms with E-state index in [1.54, 1.807) is 0 Å². The minimum Gasteiger partial charge on any atom is -0.350 e. The van der Waals surface area contributed by atoms with Crippen molar-refractivity contribution in [3.05, 3.63) is 33.5 Å². The highest BCUT2D eigenvalue weighted by Gasteiger charge is 2.15. The molecule has 0 saturated carbocycles. The maximum atomic E-state index is 3.45. The smallest absolute Gasteiger partial charge is 0.0815 e.